The molecule has 3 rings (SSSR count). The van der Waals surface area contributed by atoms with Crippen LogP contribution in [-0.4, -0.2) is 32.9 Å². The largest absolute Gasteiger partial charge is 0.353 e. The summed E-state index contributed by atoms with van der Waals surface area (Å²) in [4.78, 5) is 16.6. The first kappa shape index (κ1) is 18.0. The predicted molar refractivity (Wildman–Crippen MR) is 101 cm³/mol. The summed E-state index contributed by atoms with van der Waals surface area (Å²) in [7, 11) is 0. The average molecular weight is 359 g/mol. The number of aromatic nitrogens is 3. The highest BCUT2D eigenvalue weighted by Gasteiger charge is 2.20. The van der Waals surface area contributed by atoms with E-state index >= 15 is 0 Å². The molecule has 0 spiro atoms. The Kier molecular flexibility index (Phi) is 6.13. The molecule has 0 aliphatic heterocycles. The molecule has 25 heavy (non-hydrogen) atoms. The van der Waals surface area contributed by atoms with Gasteiger partial charge in [-0.2, -0.15) is 0 Å². The lowest BCUT2D eigenvalue weighted by Gasteiger charge is -2.26. The molecule has 0 radical (unpaired) electrons. The van der Waals surface area contributed by atoms with Crippen molar-refractivity contribution in [3.63, 3.8) is 0 Å². The number of carbonyl (C=O) groups is 1. The summed E-state index contributed by atoms with van der Waals surface area (Å²) in [5.74, 6) is 1.97. The molecule has 0 saturated heterocycles. The van der Waals surface area contributed by atoms with E-state index < -0.39 is 0 Å². The summed E-state index contributed by atoms with van der Waals surface area (Å²) in [6.45, 7) is 4.42. The van der Waals surface area contributed by atoms with Crippen LogP contribution >= 0.6 is 11.8 Å². The number of carbonyl (C=O) groups excluding carboxylic acids is 1. The van der Waals surface area contributed by atoms with Crippen LogP contribution in [0.2, 0.25) is 0 Å². The molecule has 1 aromatic heterocycles. The Morgan fingerprint density at radius 3 is 2.64 bits per heavy atom. The average Bonchev–Trinajstić information content (AvgIpc) is 3.11. The second kappa shape index (κ2) is 8.52. The maximum absolute atomic E-state index is 12.1. The predicted octanol–water partition coefficient (Wildman–Crippen LogP) is 3.82. The number of amides is 1. The Bertz CT molecular complexity index is 690. The maximum Gasteiger partial charge on any atom is 0.230 e. The van der Waals surface area contributed by atoms with Crippen LogP contribution in [0.3, 0.4) is 0 Å². The molecule has 1 aliphatic carbocycles. The Morgan fingerprint density at radius 1 is 1.24 bits per heavy atom. The van der Waals surface area contributed by atoms with Crippen LogP contribution in [-0.2, 0) is 11.2 Å². The van der Waals surface area contributed by atoms with Crippen molar-refractivity contribution < 1.29 is 4.79 Å². The van der Waals surface area contributed by atoms with E-state index in [1.807, 2.05) is 12.1 Å². The van der Waals surface area contributed by atoms with Crippen molar-refractivity contribution in [3.05, 3.63) is 29.8 Å². The minimum Gasteiger partial charge on any atom is -0.353 e. The van der Waals surface area contributed by atoms with Crippen molar-refractivity contribution in [3.8, 4) is 11.4 Å². The summed E-state index contributed by atoms with van der Waals surface area (Å²) >= 11 is 1.38. The molecule has 0 atom stereocenters. The van der Waals surface area contributed by atoms with Gasteiger partial charge >= 0.3 is 0 Å². The molecule has 1 aromatic carbocycles. The van der Waals surface area contributed by atoms with E-state index in [2.05, 4.69) is 46.5 Å². The molecule has 1 heterocycles. The van der Waals surface area contributed by atoms with Gasteiger partial charge in [0.05, 0.1) is 5.75 Å². The van der Waals surface area contributed by atoms with Gasteiger partial charge in [0, 0.05) is 11.6 Å². The van der Waals surface area contributed by atoms with Crippen LogP contribution in [0.15, 0.2) is 29.4 Å². The summed E-state index contributed by atoms with van der Waals surface area (Å²) in [6, 6.07) is 8.63. The van der Waals surface area contributed by atoms with Crippen LogP contribution in [0.4, 0.5) is 0 Å². The third-order valence-electron chi connectivity index (χ3n) is 4.81. The summed E-state index contributed by atoms with van der Waals surface area (Å²) in [5, 5.41) is 10.9. The molecule has 134 valence electrons. The zero-order chi connectivity index (χ0) is 17.6. The Morgan fingerprint density at radius 2 is 1.96 bits per heavy atom. The van der Waals surface area contributed by atoms with Crippen LogP contribution in [0.1, 0.15) is 45.1 Å². The smallest absolute Gasteiger partial charge is 0.230 e. The van der Waals surface area contributed by atoms with Crippen molar-refractivity contribution in [2.24, 2.45) is 5.92 Å². The molecular formula is C19H26N4OS. The second-order valence-corrected chi connectivity index (χ2v) is 7.77. The first-order valence-electron chi connectivity index (χ1n) is 9.08. The number of aromatic amines is 1. The zero-order valence-electron chi connectivity index (χ0n) is 14.9. The first-order chi connectivity index (χ1) is 12.1. The highest BCUT2D eigenvalue weighted by molar-refractivity contribution is 7.99. The minimum atomic E-state index is 0.0724. The van der Waals surface area contributed by atoms with Gasteiger partial charge in [0.1, 0.15) is 0 Å². The highest BCUT2D eigenvalue weighted by atomic mass is 32.2. The lowest BCUT2D eigenvalue weighted by molar-refractivity contribution is -0.119. The van der Waals surface area contributed by atoms with Crippen molar-refractivity contribution in [1.82, 2.24) is 20.5 Å². The van der Waals surface area contributed by atoms with E-state index in [1.165, 1.54) is 30.2 Å². The quantitative estimate of drug-likeness (QED) is 0.770. The van der Waals surface area contributed by atoms with Crippen LogP contribution in [0.5, 0.6) is 0 Å². The molecular weight excluding hydrogens is 332 g/mol. The molecule has 2 N–H and O–H groups in total. The molecule has 5 nitrogen and oxygen atoms in total. The first-order valence-corrected chi connectivity index (χ1v) is 10.1. The summed E-state index contributed by atoms with van der Waals surface area (Å²) in [5.41, 5.74) is 2.31. The fourth-order valence-electron chi connectivity index (χ4n) is 3.14. The van der Waals surface area contributed by atoms with Crippen molar-refractivity contribution in [2.75, 3.05) is 5.75 Å². The van der Waals surface area contributed by atoms with Gasteiger partial charge in [-0.05, 0) is 43.6 Å². The number of thioether (sulfide) groups is 1. The number of benzene rings is 1. The van der Waals surface area contributed by atoms with Crippen LogP contribution in [0.25, 0.3) is 11.4 Å². The van der Waals surface area contributed by atoms with E-state index in [4.69, 9.17) is 0 Å². The number of aryl methyl sites for hydroxylation is 1. The van der Waals surface area contributed by atoms with E-state index in [0.29, 0.717) is 17.0 Å². The summed E-state index contributed by atoms with van der Waals surface area (Å²) < 4.78 is 0. The van der Waals surface area contributed by atoms with Crippen LogP contribution < -0.4 is 5.32 Å². The SMILES string of the molecule is CCc1ccc(-c2nc(SCC(=O)NC3CCC(C)CC3)n[nH]2)cc1. The summed E-state index contributed by atoms with van der Waals surface area (Å²) in [6.07, 6.45) is 5.62. The number of nitrogens with zero attached hydrogens (tertiary/aromatic N) is 2. The zero-order valence-corrected chi connectivity index (χ0v) is 15.7. The van der Waals surface area contributed by atoms with Crippen molar-refractivity contribution >= 4 is 17.7 Å². The van der Waals surface area contributed by atoms with E-state index in [9.17, 15) is 4.79 Å². The number of H-pyrrole nitrogens is 1. The highest BCUT2D eigenvalue weighted by Crippen LogP contribution is 2.24. The van der Waals surface area contributed by atoms with E-state index in [1.54, 1.807) is 0 Å². The molecule has 1 amide bonds. The number of hydrogen-bond acceptors (Lipinski definition) is 4. The molecule has 2 aromatic rings. The van der Waals surface area contributed by atoms with Gasteiger partial charge in [0.15, 0.2) is 5.82 Å². The third-order valence-corrected chi connectivity index (χ3v) is 5.66. The third kappa shape index (κ3) is 5.08. The lowest BCUT2D eigenvalue weighted by Crippen LogP contribution is -2.38. The lowest BCUT2D eigenvalue weighted by atomic mass is 9.87. The molecule has 1 saturated carbocycles. The van der Waals surface area contributed by atoms with Gasteiger partial charge in [0.2, 0.25) is 11.1 Å². The maximum atomic E-state index is 12.1. The minimum absolute atomic E-state index is 0.0724. The topological polar surface area (TPSA) is 70.7 Å². The molecule has 6 heteroatoms. The second-order valence-electron chi connectivity index (χ2n) is 6.83. The Balaban J connectivity index is 1.48. The number of hydrogen-bond donors (Lipinski definition) is 2. The molecule has 0 bridgehead atoms. The van der Waals surface area contributed by atoms with Gasteiger partial charge in [0.25, 0.3) is 0 Å². The standard InChI is InChI=1S/C19H26N4OS/c1-3-14-6-8-15(9-7-14)18-21-19(23-22-18)25-12-17(24)20-16-10-4-13(2)5-11-16/h6-9,13,16H,3-5,10-12H2,1-2H3,(H,20,24)(H,21,22,23). The molecule has 0 unspecified atom stereocenters. The van der Waals surface area contributed by atoms with Crippen molar-refractivity contribution in [1.29, 1.82) is 0 Å². The Hall–Kier alpha value is -1.82. The normalized spacial score (nSPS) is 20.4. The van der Waals surface area contributed by atoms with Gasteiger partial charge in [-0.3, -0.25) is 9.89 Å². The monoisotopic (exact) mass is 358 g/mol. The van der Waals surface area contributed by atoms with Gasteiger partial charge in [-0.1, -0.05) is 49.9 Å². The Labute approximate surface area is 153 Å². The van der Waals surface area contributed by atoms with E-state index in [-0.39, 0.29) is 5.91 Å². The van der Waals surface area contributed by atoms with Gasteiger partial charge < -0.3 is 5.32 Å². The molecule has 1 fully saturated rings. The van der Waals surface area contributed by atoms with Gasteiger partial charge in [-0.25, -0.2) is 4.98 Å². The number of rotatable bonds is 6. The van der Waals surface area contributed by atoms with E-state index in [0.717, 1.165) is 36.6 Å². The van der Waals surface area contributed by atoms with Crippen molar-refractivity contribution in [2.45, 2.75) is 57.1 Å². The molecule has 1 aliphatic rings. The fraction of sp³-hybridized carbons (Fsp3) is 0.526. The van der Waals surface area contributed by atoms with Crippen LogP contribution in [0, 0.1) is 5.92 Å². The fourth-order valence-corrected chi connectivity index (χ4v) is 3.75. The number of nitrogens with one attached hydrogen (secondary N) is 2. The van der Waals surface area contributed by atoms with Gasteiger partial charge in [-0.15, -0.1) is 5.10 Å².